The fourth-order valence-corrected chi connectivity index (χ4v) is 1.58. The van der Waals surface area contributed by atoms with Crippen LogP contribution in [-0.4, -0.2) is 6.04 Å². The molecule has 78 valence electrons. The van der Waals surface area contributed by atoms with E-state index in [9.17, 15) is 0 Å². The Kier molecular flexibility index (Phi) is 4.63. The molecule has 1 rings (SSSR count). The lowest BCUT2D eigenvalue weighted by atomic mass is 9.94. The molecule has 0 fully saturated rings. The lowest BCUT2D eigenvalue weighted by Crippen LogP contribution is -2.41. The molecule has 1 aromatic carbocycles. The van der Waals surface area contributed by atoms with E-state index in [1.807, 2.05) is 6.07 Å². The summed E-state index contributed by atoms with van der Waals surface area (Å²) in [5, 5.41) is 0. The Bertz CT molecular complexity index is 246. The van der Waals surface area contributed by atoms with E-state index in [-0.39, 0.29) is 0 Å². The third kappa shape index (κ3) is 3.13. The Morgan fingerprint density at radius 2 is 1.93 bits per heavy atom. The fourth-order valence-electron chi connectivity index (χ4n) is 1.58. The highest BCUT2D eigenvalue weighted by Gasteiger charge is 2.13. The van der Waals surface area contributed by atoms with Gasteiger partial charge in [0.2, 0.25) is 0 Å². The van der Waals surface area contributed by atoms with Crippen molar-refractivity contribution < 1.29 is 0 Å². The summed E-state index contributed by atoms with van der Waals surface area (Å²) >= 11 is 0. The van der Waals surface area contributed by atoms with Crippen LogP contribution in [0.15, 0.2) is 30.3 Å². The second kappa shape index (κ2) is 5.78. The van der Waals surface area contributed by atoms with Crippen LogP contribution in [0.2, 0.25) is 0 Å². The largest absolute Gasteiger partial charge is 0.271 e. The standard InChI is InChI=1S/C12H20N2/c1-3-10(2)12(14-13)9-11-7-5-4-6-8-11/h4-8,10,12,14H,3,9,13H2,1-2H3. The number of hydrogen-bond acceptors (Lipinski definition) is 2. The molecule has 0 aliphatic heterocycles. The van der Waals surface area contributed by atoms with Gasteiger partial charge in [0.15, 0.2) is 0 Å². The Morgan fingerprint density at radius 1 is 1.29 bits per heavy atom. The molecule has 0 aliphatic carbocycles. The van der Waals surface area contributed by atoms with Crippen LogP contribution in [-0.2, 0) is 6.42 Å². The number of rotatable bonds is 5. The van der Waals surface area contributed by atoms with E-state index in [1.54, 1.807) is 0 Å². The van der Waals surface area contributed by atoms with Crippen molar-refractivity contribution in [3.63, 3.8) is 0 Å². The average molecular weight is 192 g/mol. The third-order valence-corrected chi connectivity index (χ3v) is 2.84. The van der Waals surface area contributed by atoms with Crippen molar-refractivity contribution in [1.29, 1.82) is 0 Å². The minimum atomic E-state index is 0.377. The molecule has 1 aromatic rings. The van der Waals surface area contributed by atoms with Gasteiger partial charge in [-0.2, -0.15) is 0 Å². The molecular weight excluding hydrogens is 172 g/mol. The summed E-state index contributed by atoms with van der Waals surface area (Å²) < 4.78 is 0. The number of hydrogen-bond donors (Lipinski definition) is 2. The summed E-state index contributed by atoms with van der Waals surface area (Å²) in [7, 11) is 0. The molecule has 0 bridgehead atoms. The van der Waals surface area contributed by atoms with E-state index in [0.717, 1.165) is 12.8 Å². The van der Waals surface area contributed by atoms with E-state index in [0.29, 0.717) is 12.0 Å². The maximum atomic E-state index is 5.55. The molecule has 0 aromatic heterocycles. The highest BCUT2D eigenvalue weighted by molar-refractivity contribution is 5.15. The van der Waals surface area contributed by atoms with Gasteiger partial charge in [-0.25, -0.2) is 0 Å². The number of nitrogens with one attached hydrogen (secondary N) is 1. The third-order valence-electron chi connectivity index (χ3n) is 2.84. The Labute approximate surface area is 86.5 Å². The van der Waals surface area contributed by atoms with Crippen molar-refractivity contribution in [2.75, 3.05) is 0 Å². The van der Waals surface area contributed by atoms with Gasteiger partial charge in [0.25, 0.3) is 0 Å². The summed E-state index contributed by atoms with van der Waals surface area (Å²) in [6, 6.07) is 10.8. The van der Waals surface area contributed by atoms with Crippen LogP contribution < -0.4 is 11.3 Å². The van der Waals surface area contributed by atoms with Gasteiger partial charge in [-0.1, -0.05) is 50.6 Å². The first-order valence-corrected chi connectivity index (χ1v) is 5.28. The van der Waals surface area contributed by atoms with Crippen LogP contribution in [0.4, 0.5) is 0 Å². The Morgan fingerprint density at radius 3 is 2.43 bits per heavy atom. The van der Waals surface area contributed by atoms with E-state index in [1.165, 1.54) is 5.56 Å². The molecule has 0 saturated heterocycles. The van der Waals surface area contributed by atoms with Gasteiger partial charge in [0.1, 0.15) is 0 Å². The van der Waals surface area contributed by atoms with Gasteiger partial charge in [0, 0.05) is 6.04 Å². The highest BCUT2D eigenvalue weighted by Crippen LogP contribution is 2.12. The molecule has 0 heterocycles. The maximum Gasteiger partial charge on any atom is 0.0276 e. The molecule has 3 N–H and O–H groups in total. The zero-order chi connectivity index (χ0) is 10.4. The first kappa shape index (κ1) is 11.2. The smallest absolute Gasteiger partial charge is 0.0276 e. The lowest BCUT2D eigenvalue weighted by Gasteiger charge is -2.21. The van der Waals surface area contributed by atoms with Crippen LogP contribution in [0.3, 0.4) is 0 Å². The summed E-state index contributed by atoms with van der Waals surface area (Å²) in [6.07, 6.45) is 2.16. The zero-order valence-corrected chi connectivity index (χ0v) is 9.03. The summed E-state index contributed by atoms with van der Waals surface area (Å²) in [6.45, 7) is 4.42. The Hall–Kier alpha value is -0.860. The number of benzene rings is 1. The van der Waals surface area contributed by atoms with Gasteiger partial charge >= 0.3 is 0 Å². The normalized spacial score (nSPS) is 15.1. The predicted molar refractivity (Wildman–Crippen MR) is 60.7 cm³/mol. The lowest BCUT2D eigenvalue weighted by molar-refractivity contribution is 0.370. The van der Waals surface area contributed by atoms with Crippen molar-refractivity contribution in [1.82, 2.24) is 5.43 Å². The number of nitrogens with two attached hydrogens (primary N) is 1. The summed E-state index contributed by atoms with van der Waals surface area (Å²) in [4.78, 5) is 0. The van der Waals surface area contributed by atoms with Crippen LogP contribution in [0.25, 0.3) is 0 Å². The van der Waals surface area contributed by atoms with Crippen LogP contribution in [0, 0.1) is 5.92 Å². The quantitative estimate of drug-likeness (QED) is 0.554. The summed E-state index contributed by atoms with van der Waals surface area (Å²) in [5.74, 6) is 6.16. The SMILES string of the molecule is CCC(C)C(Cc1ccccc1)NN. The molecular formula is C12H20N2. The molecule has 2 unspecified atom stereocenters. The second-order valence-electron chi connectivity index (χ2n) is 3.85. The van der Waals surface area contributed by atoms with Crippen LogP contribution in [0.1, 0.15) is 25.8 Å². The molecule has 0 saturated carbocycles. The van der Waals surface area contributed by atoms with Gasteiger partial charge in [-0.05, 0) is 17.9 Å². The minimum absolute atomic E-state index is 0.377. The molecule has 0 spiro atoms. The second-order valence-corrected chi connectivity index (χ2v) is 3.85. The maximum absolute atomic E-state index is 5.55. The predicted octanol–water partition coefficient (Wildman–Crippen LogP) is 2.11. The van der Waals surface area contributed by atoms with Crippen molar-refractivity contribution >= 4 is 0 Å². The molecule has 2 heteroatoms. The van der Waals surface area contributed by atoms with E-state index < -0.39 is 0 Å². The zero-order valence-electron chi connectivity index (χ0n) is 9.03. The minimum Gasteiger partial charge on any atom is -0.271 e. The van der Waals surface area contributed by atoms with Crippen molar-refractivity contribution in [3.8, 4) is 0 Å². The van der Waals surface area contributed by atoms with Crippen molar-refractivity contribution in [2.24, 2.45) is 11.8 Å². The van der Waals surface area contributed by atoms with Gasteiger partial charge in [-0.15, -0.1) is 0 Å². The molecule has 2 atom stereocenters. The van der Waals surface area contributed by atoms with E-state index in [4.69, 9.17) is 5.84 Å². The van der Waals surface area contributed by atoms with Gasteiger partial charge in [-0.3, -0.25) is 11.3 Å². The van der Waals surface area contributed by atoms with Crippen LogP contribution >= 0.6 is 0 Å². The highest BCUT2D eigenvalue weighted by atomic mass is 15.2. The number of hydrazine groups is 1. The first-order valence-electron chi connectivity index (χ1n) is 5.28. The first-order chi connectivity index (χ1) is 6.77. The molecule has 2 nitrogen and oxygen atoms in total. The topological polar surface area (TPSA) is 38.0 Å². The molecule has 14 heavy (non-hydrogen) atoms. The van der Waals surface area contributed by atoms with E-state index in [2.05, 4.69) is 43.5 Å². The van der Waals surface area contributed by atoms with Gasteiger partial charge < -0.3 is 0 Å². The molecule has 0 aliphatic rings. The monoisotopic (exact) mass is 192 g/mol. The average Bonchev–Trinajstić information content (AvgIpc) is 2.26. The molecule has 0 amide bonds. The van der Waals surface area contributed by atoms with Crippen LogP contribution in [0.5, 0.6) is 0 Å². The molecule has 0 radical (unpaired) electrons. The van der Waals surface area contributed by atoms with E-state index >= 15 is 0 Å². The van der Waals surface area contributed by atoms with Crippen molar-refractivity contribution in [3.05, 3.63) is 35.9 Å². The fraction of sp³-hybridized carbons (Fsp3) is 0.500. The van der Waals surface area contributed by atoms with Gasteiger partial charge in [0.05, 0.1) is 0 Å². The Balaban J connectivity index is 2.57. The summed E-state index contributed by atoms with van der Waals surface area (Å²) in [5.41, 5.74) is 4.24. The van der Waals surface area contributed by atoms with Crippen molar-refractivity contribution in [2.45, 2.75) is 32.7 Å².